The summed E-state index contributed by atoms with van der Waals surface area (Å²) in [6, 6.07) is 21.9. The second-order valence-electron chi connectivity index (χ2n) is 5.63. The summed E-state index contributed by atoms with van der Waals surface area (Å²) < 4.78 is 0. The van der Waals surface area contributed by atoms with E-state index in [1.807, 2.05) is 0 Å². The van der Waals surface area contributed by atoms with Crippen LogP contribution < -0.4 is 0 Å². The van der Waals surface area contributed by atoms with E-state index in [0.29, 0.717) is 0 Å². The zero-order valence-electron chi connectivity index (χ0n) is 12.6. The van der Waals surface area contributed by atoms with E-state index in [0.717, 1.165) is 5.92 Å². The smallest absolute Gasteiger partial charge is 0.0162 e. The number of hydrogen-bond acceptors (Lipinski definition) is 0. The third kappa shape index (κ3) is 4.85. The molecule has 0 aliphatic carbocycles. The third-order valence-corrected chi connectivity index (χ3v) is 4.04. The lowest BCUT2D eigenvalue weighted by molar-refractivity contribution is 0.528. The third-order valence-electron chi connectivity index (χ3n) is 4.04. The maximum atomic E-state index is 2.29. The van der Waals surface area contributed by atoms with Gasteiger partial charge in [0.1, 0.15) is 0 Å². The average molecular weight is 266 g/mol. The van der Waals surface area contributed by atoms with Crippen LogP contribution in [-0.2, 0) is 6.42 Å². The Morgan fingerprint density at radius 2 is 1.35 bits per heavy atom. The van der Waals surface area contributed by atoms with Crippen molar-refractivity contribution in [2.24, 2.45) is 0 Å². The fourth-order valence-electron chi connectivity index (χ4n) is 2.85. The fourth-order valence-corrected chi connectivity index (χ4v) is 2.85. The molecule has 0 heterocycles. The Bertz CT molecular complexity index is 458. The predicted octanol–water partition coefficient (Wildman–Crippen LogP) is 5.98. The Labute approximate surface area is 123 Å². The minimum absolute atomic E-state index is 0.736. The highest BCUT2D eigenvalue weighted by molar-refractivity contribution is 5.20. The molecule has 0 saturated carbocycles. The lowest BCUT2D eigenvalue weighted by Gasteiger charge is -2.17. The first-order valence-corrected chi connectivity index (χ1v) is 7.99. The van der Waals surface area contributed by atoms with Crippen molar-refractivity contribution in [2.75, 3.05) is 0 Å². The minimum Gasteiger partial charge on any atom is -0.0654 e. The Morgan fingerprint density at radius 1 is 0.750 bits per heavy atom. The van der Waals surface area contributed by atoms with Crippen molar-refractivity contribution < 1.29 is 0 Å². The van der Waals surface area contributed by atoms with Gasteiger partial charge in [0.25, 0.3) is 0 Å². The molecule has 0 aliphatic rings. The molecule has 2 aromatic rings. The van der Waals surface area contributed by atoms with Gasteiger partial charge in [-0.2, -0.15) is 0 Å². The van der Waals surface area contributed by atoms with Crippen LogP contribution in [0.25, 0.3) is 0 Å². The standard InChI is InChI=1S/C20H26/c1-2-3-14-19(20-15-8-5-9-16-20)17-10-13-18-11-6-4-7-12-18/h4-9,11-12,15-16,19H,2-3,10,13-14,17H2,1H3. The van der Waals surface area contributed by atoms with Gasteiger partial charge in [-0.25, -0.2) is 0 Å². The van der Waals surface area contributed by atoms with E-state index in [4.69, 9.17) is 0 Å². The second kappa shape index (κ2) is 8.58. The van der Waals surface area contributed by atoms with E-state index < -0.39 is 0 Å². The van der Waals surface area contributed by atoms with Crippen LogP contribution in [0.1, 0.15) is 56.1 Å². The molecule has 0 amide bonds. The Morgan fingerprint density at radius 3 is 2.00 bits per heavy atom. The lowest BCUT2D eigenvalue weighted by Crippen LogP contribution is -2.00. The van der Waals surface area contributed by atoms with Crippen LogP contribution in [-0.4, -0.2) is 0 Å². The molecular weight excluding hydrogens is 240 g/mol. The molecule has 0 radical (unpaired) electrons. The molecule has 0 aromatic heterocycles. The molecule has 0 nitrogen and oxygen atoms in total. The zero-order valence-corrected chi connectivity index (χ0v) is 12.6. The summed E-state index contributed by atoms with van der Waals surface area (Å²) in [5.74, 6) is 0.736. The first kappa shape index (κ1) is 14.8. The molecule has 2 rings (SSSR count). The van der Waals surface area contributed by atoms with E-state index in [9.17, 15) is 0 Å². The molecule has 0 fully saturated rings. The summed E-state index contributed by atoms with van der Waals surface area (Å²) in [7, 11) is 0. The molecule has 0 bridgehead atoms. The van der Waals surface area contributed by atoms with Crippen molar-refractivity contribution in [3.63, 3.8) is 0 Å². The van der Waals surface area contributed by atoms with Crippen LogP contribution in [0, 0.1) is 0 Å². The van der Waals surface area contributed by atoms with E-state index in [1.165, 1.54) is 49.7 Å². The first-order valence-electron chi connectivity index (χ1n) is 7.99. The number of aryl methyl sites for hydroxylation is 1. The van der Waals surface area contributed by atoms with Gasteiger partial charge < -0.3 is 0 Å². The SMILES string of the molecule is CCCCC(CCCc1ccccc1)c1ccccc1. The van der Waals surface area contributed by atoms with Crippen LogP contribution in [0.4, 0.5) is 0 Å². The van der Waals surface area contributed by atoms with Gasteiger partial charge in [-0.05, 0) is 42.7 Å². The van der Waals surface area contributed by atoms with Crippen LogP contribution in [0.5, 0.6) is 0 Å². The first-order chi connectivity index (χ1) is 9.90. The molecule has 0 saturated heterocycles. The van der Waals surface area contributed by atoms with Crippen molar-refractivity contribution in [3.8, 4) is 0 Å². The monoisotopic (exact) mass is 266 g/mol. The van der Waals surface area contributed by atoms with Gasteiger partial charge in [0, 0.05) is 0 Å². The van der Waals surface area contributed by atoms with Crippen molar-refractivity contribution in [1.29, 1.82) is 0 Å². The van der Waals surface area contributed by atoms with Crippen molar-refractivity contribution in [1.82, 2.24) is 0 Å². The summed E-state index contributed by atoms with van der Waals surface area (Å²) in [4.78, 5) is 0. The number of unbranched alkanes of at least 4 members (excludes halogenated alkanes) is 1. The maximum absolute atomic E-state index is 2.29. The highest BCUT2D eigenvalue weighted by Gasteiger charge is 2.10. The molecular formula is C20H26. The van der Waals surface area contributed by atoms with Crippen LogP contribution in [0.15, 0.2) is 60.7 Å². The van der Waals surface area contributed by atoms with Gasteiger partial charge in [-0.1, -0.05) is 80.4 Å². The molecule has 1 unspecified atom stereocenters. The van der Waals surface area contributed by atoms with Gasteiger partial charge in [-0.3, -0.25) is 0 Å². The Hall–Kier alpha value is -1.56. The van der Waals surface area contributed by atoms with E-state index in [-0.39, 0.29) is 0 Å². The molecule has 20 heavy (non-hydrogen) atoms. The highest BCUT2D eigenvalue weighted by atomic mass is 14.2. The molecule has 0 heteroatoms. The normalized spacial score (nSPS) is 12.2. The van der Waals surface area contributed by atoms with Gasteiger partial charge in [-0.15, -0.1) is 0 Å². The van der Waals surface area contributed by atoms with E-state index in [2.05, 4.69) is 67.6 Å². The molecule has 0 N–H and O–H groups in total. The summed E-state index contributed by atoms with van der Waals surface area (Å²) in [6.45, 7) is 2.28. The van der Waals surface area contributed by atoms with Crippen molar-refractivity contribution in [3.05, 3.63) is 71.8 Å². The number of benzene rings is 2. The summed E-state index contributed by atoms with van der Waals surface area (Å²) >= 11 is 0. The molecule has 1 atom stereocenters. The van der Waals surface area contributed by atoms with Crippen molar-refractivity contribution in [2.45, 2.75) is 51.4 Å². The van der Waals surface area contributed by atoms with Crippen LogP contribution >= 0.6 is 0 Å². The summed E-state index contributed by atoms with van der Waals surface area (Å²) in [6.07, 6.45) is 7.75. The van der Waals surface area contributed by atoms with Crippen LogP contribution in [0.3, 0.4) is 0 Å². The predicted molar refractivity (Wildman–Crippen MR) is 88.1 cm³/mol. The minimum atomic E-state index is 0.736. The second-order valence-corrected chi connectivity index (χ2v) is 5.63. The van der Waals surface area contributed by atoms with Gasteiger partial charge in [0.05, 0.1) is 0 Å². The average Bonchev–Trinajstić information content (AvgIpc) is 2.52. The fraction of sp³-hybridized carbons (Fsp3) is 0.400. The number of rotatable bonds is 8. The van der Waals surface area contributed by atoms with E-state index in [1.54, 1.807) is 0 Å². The summed E-state index contributed by atoms with van der Waals surface area (Å²) in [5, 5.41) is 0. The highest BCUT2D eigenvalue weighted by Crippen LogP contribution is 2.27. The molecule has 106 valence electrons. The topological polar surface area (TPSA) is 0 Å². The van der Waals surface area contributed by atoms with Gasteiger partial charge >= 0.3 is 0 Å². The summed E-state index contributed by atoms with van der Waals surface area (Å²) in [5.41, 5.74) is 2.99. The largest absolute Gasteiger partial charge is 0.0654 e. The Kier molecular flexibility index (Phi) is 6.37. The molecule has 0 spiro atoms. The van der Waals surface area contributed by atoms with Crippen LogP contribution in [0.2, 0.25) is 0 Å². The quantitative estimate of drug-likeness (QED) is 0.551. The maximum Gasteiger partial charge on any atom is -0.0162 e. The molecule has 0 aliphatic heterocycles. The lowest BCUT2D eigenvalue weighted by atomic mass is 9.88. The van der Waals surface area contributed by atoms with E-state index >= 15 is 0 Å². The molecule has 2 aromatic carbocycles. The van der Waals surface area contributed by atoms with Gasteiger partial charge in [0.15, 0.2) is 0 Å². The number of hydrogen-bond donors (Lipinski definition) is 0. The Balaban J connectivity index is 1.88. The van der Waals surface area contributed by atoms with Crippen molar-refractivity contribution >= 4 is 0 Å². The van der Waals surface area contributed by atoms with Gasteiger partial charge in [0.2, 0.25) is 0 Å². The zero-order chi connectivity index (χ0) is 14.0.